The third-order valence-corrected chi connectivity index (χ3v) is 3.99. The average Bonchev–Trinajstić information content (AvgIpc) is 2.43. The Kier molecular flexibility index (Phi) is 13.3. The molecule has 0 spiro atoms. The maximum Gasteiger partial charge on any atom is 0.0359 e. The van der Waals surface area contributed by atoms with E-state index in [1.54, 1.807) is 0 Å². The van der Waals surface area contributed by atoms with Crippen LogP contribution < -0.4 is 0 Å². The Morgan fingerprint density at radius 2 is 1.45 bits per heavy atom. The normalized spacial score (nSPS) is 14.1. The molecule has 0 aromatic rings. The second-order valence-corrected chi connectivity index (χ2v) is 5.94. The van der Waals surface area contributed by atoms with Crippen LogP contribution in [0, 0.1) is 0 Å². The van der Waals surface area contributed by atoms with Gasteiger partial charge in [0.1, 0.15) is 0 Å². The monoisotopic (exact) mass is 299 g/mol. The summed E-state index contributed by atoms with van der Waals surface area (Å²) >= 11 is 0. The Morgan fingerprint density at radius 1 is 0.900 bits per heavy atom. The van der Waals surface area contributed by atoms with E-state index in [1.807, 2.05) is 0 Å². The van der Waals surface area contributed by atoms with Gasteiger partial charge in [-0.3, -0.25) is 0 Å². The van der Waals surface area contributed by atoms with E-state index in [0.29, 0.717) is 0 Å². The fourth-order valence-electron chi connectivity index (χ4n) is 2.58. The third-order valence-electron chi connectivity index (χ3n) is 3.99. The lowest BCUT2D eigenvalue weighted by Gasteiger charge is -2.21. The lowest BCUT2D eigenvalue weighted by Crippen LogP contribution is -2.20. The van der Waals surface area contributed by atoms with Crippen molar-refractivity contribution >= 4 is 12.4 Å². The van der Waals surface area contributed by atoms with Crippen molar-refractivity contribution in [2.45, 2.75) is 78.1 Å². The number of hydrogen-bond donors (Lipinski definition) is 0. The van der Waals surface area contributed by atoms with E-state index in [0.717, 1.165) is 6.54 Å². The van der Waals surface area contributed by atoms with E-state index in [2.05, 4.69) is 37.1 Å². The Labute approximate surface area is 132 Å². The van der Waals surface area contributed by atoms with Crippen LogP contribution in [-0.2, 0) is 0 Å². The molecule has 0 radical (unpaired) electrons. The fraction of sp³-hybridized carbons (Fsp3) is 0.778. The lowest BCUT2D eigenvalue weighted by atomic mass is 10.1. The third kappa shape index (κ3) is 10.4. The largest absolute Gasteiger partial charge is 0.374 e. The van der Waals surface area contributed by atoms with Gasteiger partial charge in [0.2, 0.25) is 0 Å². The summed E-state index contributed by atoms with van der Waals surface area (Å²) in [4.78, 5) is 2.43. The number of unbranched alkanes of at least 4 members (excludes halogenated alkanes) is 9. The highest BCUT2D eigenvalue weighted by Gasteiger charge is 2.01. The Morgan fingerprint density at radius 3 is 1.95 bits per heavy atom. The molecule has 0 aliphatic carbocycles. The molecule has 0 aromatic heterocycles. The van der Waals surface area contributed by atoms with Crippen molar-refractivity contribution in [1.29, 1.82) is 0 Å². The summed E-state index contributed by atoms with van der Waals surface area (Å²) < 4.78 is 0. The molecule has 1 aliphatic rings. The minimum atomic E-state index is 0. The zero-order chi connectivity index (χ0) is 13.8. The van der Waals surface area contributed by atoms with Gasteiger partial charge < -0.3 is 4.90 Å². The lowest BCUT2D eigenvalue weighted by molar-refractivity contribution is 0.390. The number of hydrogen-bond acceptors (Lipinski definition) is 1. The van der Waals surface area contributed by atoms with Crippen molar-refractivity contribution in [3.63, 3.8) is 0 Å². The molecule has 0 unspecified atom stereocenters. The molecule has 1 rings (SSSR count). The molecule has 0 aromatic carbocycles. The standard InChI is InChI=1S/C18H33N.ClH/c1-3-4-5-6-7-8-9-10-11-12-15-19-16-13-18(2)14-17-19;/h13-14,16H,3-12,15,17H2,1-2H3;1H. The number of allylic oxidation sites excluding steroid dienone is 2. The summed E-state index contributed by atoms with van der Waals surface area (Å²) in [5, 5.41) is 0. The molecule has 0 N–H and O–H groups in total. The van der Waals surface area contributed by atoms with Crippen LogP contribution in [0.15, 0.2) is 23.9 Å². The Bertz CT molecular complexity index is 271. The second kappa shape index (κ2) is 13.5. The van der Waals surface area contributed by atoms with Crippen LogP contribution in [0.3, 0.4) is 0 Å². The first-order chi connectivity index (χ1) is 9.33. The summed E-state index contributed by atoms with van der Waals surface area (Å²) in [5.41, 5.74) is 1.40. The highest BCUT2D eigenvalue weighted by atomic mass is 35.5. The van der Waals surface area contributed by atoms with Crippen molar-refractivity contribution in [3.8, 4) is 0 Å². The topological polar surface area (TPSA) is 3.24 Å². The molecule has 0 saturated carbocycles. The molecule has 118 valence electrons. The van der Waals surface area contributed by atoms with Gasteiger partial charge in [-0.05, 0) is 25.6 Å². The number of nitrogens with zero attached hydrogens (tertiary/aromatic N) is 1. The van der Waals surface area contributed by atoms with Gasteiger partial charge in [-0.2, -0.15) is 0 Å². The van der Waals surface area contributed by atoms with E-state index < -0.39 is 0 Å². The van der Waals surface area contributed by atoms with Gasteiger partial charge in [-0.15, -0.1) is 12.4 Å². The van der Waals surface area contributed by atoms with Gasteiger partial charge in [-0.25, -0.2) is 0 Å². The fourth-order valence-corrected chi connectivity index (χ4v) is 2.58. The molecule has 2 heteroatoms. The number of rotatable bonds is 11. The van der Waals surface area contributed by atoms with E-state index in [4.69, 9.17) is 0 Å². The van der Waals surface area contributed by atoms with Crippen LogP contribution >= 0.6 is 12.4 Å². The predicted octanol–water partition coefficient (Wildman–Crippen LogP) is 6.10. The summed E-state index contributed by atoms with van der Waals surface area (Å²) in [6.07, 6.45) is 21.0. The first-order valence-electron chi connectivity index (χ1n) is 8.42. The van der Waals surface area contributed by atoms with Gasteiger partial charge in [-0.1, -0.05) is 76.4 Å². The van der Waals surface area contributed by atoms with Crippen LogP contribution in [0.4, 0.5) is 0 Å². The van der Waals surface area contributed by atoms with E-state index in [1.165, 1.54) is 76.3 Å². The molecule has 1 aliphatic heterocycles. The van der Waals surface area contributed by atoms with Crippen molar-refractivity contribution in [2.75, 3.05) is 13.1 Å². The first kappa shape index (κ1) is 19.6. The van der Waals surface area contributed by atoms with E-state index >= 15 is 0 Å². The summed E-state index contributed by atoms with van der Waals surface area (Å²) in [7, 11) is 0. The summed E-state index contributed by atoms with van der Waals surface area (Å²) in [6, 6.07) is 0. The highest BCUT2D eigenvalue weighted by Crippen LogP contribution is 2.12. The zero-order valence-electron chi connectivity index (χ0n) is 13.6. The van der Waals surface area contributed by atoms with Crippen molar-refractivity contribution in [3.05, 3.63) is 23.9 Å². The maximum atomic E-state index is 2.43. The van der Waals surface area contributed by atoms with Gasteiger partial charge in [0.05, 0.1) is 0 Å². The molecule has 0 fully saturated rings. The van der Waals surface area contributed by atoms with Crippen LogP contribution in [-0.4, -0.2) is 18.0 Å². The van der Waals surface area contributed by atoms with Crippen LogP contribution in [0.1, 0.15) is 78.1 Å². The summed E-state index contributed by atoms with van der Waals surface area (Å²) in [5.74, 6) is 0. The van der Waals surface area contributed by atoms with Crippen LogP contribution in [0.2, 0.25) is 0 Å². The van der Waals surface area contributed by atoms with Crippen molar-refractivity contribution in [1.82, 2.24) is 4.90 Å². The molecule has 0 amide bonds. The van der Waals surface area contributed by atoms with Crippen molar-refractivity contribution in [2.24, 2.45) is 0 Å². The molecule has 0 atom stereocenters. The number of halogens is 1. The quantitative estimate of drug-likeness (QED) is 0.416. The molecular formula is C18H34ClN. The smallest absolute Gasteiger partial charge is 0.0359 e. The van der Waals surface area contributed by atoms with Crippen LogP contribution in [0.25, 0.3) is 0 Å². The molecule has 1 nitrogen and oxygen atoms in total. The van der Waals surface area contributed by atoms with Crippen LogP contribution in [0.5, 0.6) is 0 Å². The molecule has 0 bridgehead atoms. The van der Waals surface area contributed by atoms with Gasteiger partial charge >= 0.3 is 0 Å². The molecular weight excluding hydrogens is 266 g/mol. The summed E-state index contributed by atoms with van der Waals surface area (Å²) in [6.45, 7) is 6.81. The van der Waals surface area contributed by atoms with Gasteiger partial charge in [0.25, 0.3) is 0 Å². The SMILES string of the molecule is CCCCCCCCCCCCN1C=CC(C)=CC1.Cl. The minimum absolute atomic E-state index is 0. The van der Waals surface area contributed by atoms with Crippen molar-refractivity contribution < 1.29 is 0 Å². The molecule has 0 saturated heterocycles. The van der Waals surface area contributed by atoms with E-state index in [-0.39, 0.29) is 12.4 Å². The Hall–Kier alpha value is -0.430. The highest BCUT2D eigenvalue weighted by molar-refractivity contribution is 5.85. The zero-order valence-corrected chi connectivity index (χ0v) is 14.4. The van der Waals surface area contributed by atoms with Gasteiger partial charge in [0.15, 0.2) is 0 Å². The first-order valence-corrected chi connectivity index (χ1v) is 8.42. The Balaban J connectivity index is 0.00000361. The predicted molar refractivity (Wildman–Crippen MR) is 93.6 cm³/mol. The molecule has 1 heterocycles. The van der Waals surface area contributed by atoms with Gasteiger partial charge in [0, 0.05) is 13.1 Å². The maximum absolute atomic E-state index is 2.43. The minimum Gasteiger partial charge on any atom is -0.374 e. The average molecular weight is 300 g/mol. The second-order valence-electron chi connectivity index (χ2n) is 5.94. The van der Waals surface area contributed by atoms with E-state index in [9.17, 15) is 0 Å². The molecule has 20 heavy (non-hydrogen) atoms.